The topological polar surface area (TPSA) is 32.8 Å². The molecule has 1 atom stereocenters. The third-order valence-electron chi connectivity index (χ3n) is 10.7. The predicted molar refractivity (Wildman–Crippen MR) is 207 cm³/mol. The van der Waals surface area contributed by atoms with Crippen LogP contribution in [0.25, 0.3) is 0 Å². The van der Waals surface area contributed by atoms with E-state index >= 15 is 0 Å². The highest BCUT2D eigenvalue weighted by Crippen LogP contribution is 2.19. The summed E-state index contributed by atoms with van der Waals surface area (Å²) in [5.41, 5.74) is 0. The Morgan fingerprint density at radius 2 is 0.787 bits per heavy atom. The van der Waals surface area contributed by atoms with E-state index in [1.54, 1.807) is 0 Å². The molecular formula is C43H86N2O2. The Kier molecular flexibility index (Phi) is 33.3. The van der Waals surface area contributed by atoms with E-state index in [0.29, 0.717) is 25.5 Å². The summed E-state index contributed by atoms with van der Waals surface area (Å²) < 4.78 is 5.92. The quantitative estimate of drug-likeness (QED) is 0.0626. The first-order valence-electron chi connectivity index (χ1n) is 21.9. The molecule has 0 spiro atoms. The lowest BCUT2D eigenvalue weighted by molar-refractivity contribution is -0.149. The van der Waals surface area contributed by atoms with Gasteiger partial charge in [0, 0.05) is 26.1 Å². The standard InChI is InChI=1S/C43H86N2O2/c1-4-7-9-11-13-15-17-19-21-23-25-27-29-31-33-35-37-44(42-41-47-40-39-45(42)43(46)6-3)38-36-34-32-30-28-26-24-22-20-18-16-14-12-10-8-5-2/h42H,4-41H2,1-3H3. The second-order valence-corrected chi connectivity index (χ2v) is 15.1. The van der Waals surface area contributed by atoms with Crippen molar-refractivity contribution in [2.24, 2.45) is 0 Å². The van der Waals surface area contributed by atoms with Gasteiger partial charge in [0.05, 0.1) is 13.2 Å². The summed E-state index contributed by atoms with van der Waals surface area (Å²) in [6.07, 6.45) is 45.8. The van der Waals surface area contributed by atoms with Crippen LogP contribution in [0.15, 0.2) is 0 Å². The second kappa shape index (κ2) is 35.2. The number of morpholine rings is 1. The van der Waals surface area contributed by atoms with Gasteiger partial charge in [0.1, 0.15) is 6.17 Å². The minimum atomic E-state index is 0.142. The Hall–Kier alpha value is -0.610. The van der Waals surface area contributed by atoms with Crippen molar-refractivity contribution >= 4 is 5.91 Å². The number of hydrogen-bond donors (Lipinski definition) is 0. The van der Waals surface area contributed by atoms with Crippen molar-refractivity contribution in [1.29, 1.82) is 0 Å². The largest absolute Gasteiger partial charge is 0.376 e. The van der Waals surface area contributed by atoms with E-state index < -0.39 is 0 Å². The molecule has 0 radical (unpaired) electrons. The fourth-order valence-corrected chi connectivity index (χ4v) is 7.52. The Bertz CT molecular complexity index is 605. The molecule has 1 heterocycles. The third-order valence-corrected chi connectivity index (χ3v) is 10.7. The summed E-state index contributed by atoms with van der Waals surface area (Å²) in [7, 11) is 0. The van der Waals surface area contributed by atoms with E-state index in [1.165, 1.54) is 205 Å². The Labute approximate surface area is 296 Å². The van der Waals surface area contributed by atoms with Gasteiger partial charge in [-0.15, -0.1) is 0 Å². The lowest BCUT2D eigenvalue weighted by Crippen LogP contribution is -2.57. The zero-order chi connectivity index (χ0) is 33.9. The maximum Gasteiger partial charge on any atom is 0.223 e. The number of ether oxygens (including phenoxy) is 1. The minimum Gasteiger partial charge on any atom is -0.376 e. The molecule has 1 unspecified atom stereocenters. The van der Waals surface area contributed by atoms with Gasteiger partial charge in [0.15, 0.2) is 0 Å². The van der Waals surface area contributed by atoms with Crippen LogP contribution >= 0.6 is 0 Å². The van der Waals surface area contributed by atoms with Crippen LogP contribution in [0.4, 0.5) is 0 Å². The van der Waals surface area contributed by atoms with Crippen LogP contribution in [-0.2, 0) is 9.53 Å². The molecule has 0 bridgehead atoms. The van der Waals surface area contributed by atoms with Crippen molar-refractivity contribution in [2.75, 3.05) is 32.8 Å². The second-order valence-electron chi connectivity index (χ2n) is 15.1. The molecule has 1 saturated heterocycles. The van der Waals surface area contributed by atoms with Gasteiger partial charge in [-0.05, 0) is 12.8 Å². The molecule has 0 aromatic carbocycles. The number of amides is 1. The van der Waals surface area contributed by atoms with E-state index in [0.717, 1.165) is 19.6 Å². The van der Waals surface area contributed by atoms with Crippen LogP contribution in [0.5, 0.6) is 0 Å². The van der Waals surface area contributed by atoms with Gasteiger partial charge in [-0.3, -0.25) is 9.69 Å². The molecule has 1 fully saturated rings. The van der Waals surface area contributed by atoms with Crippen LogP contribution in [0.2, 0.25) is 0 Å². The SMILES string of the molecule is CCCCCCCCCCCCCCCCCCN(CCCCCCCCCCCCCCCCCC)C1COCCN1C(=O)CC. The van der Waals surface area contributed by atoms with Gasteiger partial charge < -0.3 is 9.64 Å². The molecule has 1 rings (SSSR count). The third kappa shape index (κ3) is 26.9. The molecular weight excluding hydrogens is 576 g/mol. The van der Waals surface area contributed by atoms with Crippen LogP contribution in [0, 0.1) is 0 Å². The molecule has 47 heavy (non-hydrogen) atoms. The zero-order valence-electron chi connectivity index (χ0n) is 32.7. The van der Waals surface area contributed by atoms with Gasteiger partial charge in [-0.25, -0.2) is 0 Å². The summed E-state index contributed by atoms with van der Waals surface area (Å²) in [5.74, 6) is 0.294. The van der Waals surface area contributed by atoms with Gasteiger partial charge >= 0.3 is 0 Å². The number of rotatable bonds is 36. The molecule has 1 aliphatic heterocycles. The average molecular weight is 663 g/mol. The van der Waals surface area contributed by atoms with Crippen LogP contribution < -0.4 is 0 Å². The van der Waals surface area contributed by atoms with Gasteiger partial charge in [0.25, 0.3) is 0 Å². The van der Waals surface area contributed by atoms with Crippen LogP contribution in [0.1, 0.15) is 233 Å². The van der Waals surface area contributed by atoms with Gasteiger partial charge in [-0.2, -0.15) is 0 Å². The average Bonchev–Trinajstić information content (AvgIpc) is 3.10. The highest BCUT2D eigenvalue weighted by atomic mass is 16.5. The first-order valence-corrected chi connectivity index (χ1v) is 21.9. The zero-order valence-corrected chi connectivity index (χ0v) is 32.7. The van der Waals surface area contributed by atoms with Gasteiger partial charge in [0.2, 0.25) is 5.91 Å². The van der Waals surface area contributed by atoms with Crippen molar-refractivity contribution in [3.05, 3.63) is 0 Å². The van der Waals surface area contributed by atoms with E-state index in [2.05, 4.69) is 23.6 Å². The molecule has 0 saturated carbocycles. The monoisotopic (exact) mass is 663 g/mol. The number of carbonyl (C=O) groups excluding carboxylic acids is 1. The fraction of sp³-hybridized carbons (Fsp3) is 0.977. The number of carbonyl (C=O) groups is 1. The van der Waals surface area contributed by atoms with Crippen molar-refractivity contribution in [3.63, 3.8) is 0 Å². The lowest BCUT2D eigenvalue weighted by Gasteiger charge is -2.42. The number of nitrogens with zero attached hydrogens (tertiary/aromatic N) is 2. The van der Waals surface area contributed by atoms with Crippen LogP contribution in [-0.4, -0.2) is 54.7 Å². The molecule has 0 aliphatic carbocycles. The molecule has 1 aliphatic rings. The highest BCUT2D eigenvalue weighted by Gasteiger charge is 2.30. The van der Waals surface area contributed by atoms with Crippen molar-refractivity contribution in [2.45, 2.75) is 239 Å². The Morgan fingerprint density at radius 3 is 1.09 bits per heavy atom. The first-order chi connectivity index (χ1) is 23.2. The number of hydrogen-bond acceptors (Lipinski definition) is 3. The number of unbranched alkanes of at least 4 members (excludes halogenated alkanes) is 30. The molecule has 0 N–H and O–H groups in total. The molecule has 0 aromatic heterocycles. The molecule has 1 amide bonds. The maximum absolute atomic E-state index is 12.8. The first kappa shape index (κ1) is 44.4. The molecule has 0 aromatic rings. The van der Waals surface area contributed by atoms with E-state index in [1.807, 2.05) is 6.92 Å². The molecule has 280 valence electrons. The Balaban J connectivity index is 2.15. The molecule has 4 heteroatoms. The lowest BCUT2D eigenvalue weighted by atomic mass is 10.0. The Morgan fingerprint density at radius 1 is 0.489 bits per heavy atom. The molecule has 4 nitrogen and oxygen atoms in total. The predicted octanol–water partition coefficient (Wildman–Crippen LogP) is 13.4. The normalized spacial score (nSPS) is 15.2. The van der Waals surface area contributed by atoms with Crippen LogP contribution in [0.3, 0.4) is 0 Å². The highest BCUT2D eigenvalue weighted by molar-refractivity contribution is 5.76. The van der Waals surface area contributed by atoms with Crippen molar-refractivity contribution in [3.8, 4) is 0 Å². The fourth-order valence-electron chi connectivity index (χ4n) is 7.52. The van der Waals surface area contributed by atoms with Crippen molar-refractivity contribution < 1.29 is 9.53 Å². The van der Waals surface area contributed by atoms with E-state index in [9.17, 15) is 4.79 Å². The smallest absolute Gasteiger partial charge is 0.223 e. The van der Waals surface area contributed by atoms with E-state index in [4.69, 9.17) is 4.74 Å². The van der Waals surface area contributed by atoms with Crippen molar-refractivity contribution in [1.82, 2.24) is 9.80 Å². The van der Waals surface area contributed by atoms with Gasteiger partial charge in [-0.1, -0.05) is 213 Å². The summed E-state index contributed by atoms with van der Waals surface area (Å²) in [5, 5.41) is 0. The minimum absolute atomic E-state index is 0.142. The maximum atomic E-state index is 12.8. The summed E-state index contributed by atoms with van der Waals surface area (Å²) in [4.78, 5) is 17.5. The summed E-state index contributed by atoms with van der Waals surface area (Å²) in [6, 6.07) is 0. The summed E-state index contributed by atoms with van der Waals surface area (Å²) in [6.45, 7) is 11.0. The van der Waals surface area contributed by atoms with E-state index in [-0.39, 0.29) is 6.17 Å². The summed E-state index contributed by atoms with van der Waals surface area (Å²) >= 11 is 0.